The van der Waals surface area contributed by atoms with E-state index in [1.165, 1.54) is 35.7 Å². The van der Waals surface area contributed by atoms with Crippen LogP contribution in [0.2, 0.25) is 0 Å². The molecule has 1 aromatic carbocycles. The summed E-state index contributed by atoms with van der Waals surface area (Å²) in [5.41, 5.74) is -0.181. The number of aromatic hydroxyl groups is 1. The Hall–Kier alpha value is -2.29. The maximum atomic E-state index is 10.7. The van der Waals surface area contributed by atoms with E-state index in [1.54, 1.807) is 0 Å². The van der Waals surface area contributed by atoms with Crippen molar-refractivity contribution in [2.45, 2.75) is 0 Å². The SMILES string of the molecule is O=[N+]([O-])c1cc(Br)cc(/C=N\n2cnnc2)c1O. The summed E-state index contributed by atoms with van der Waals surface area (Å²) in [6.07, 6.45) is 3.97. The molecular formula is C9H6BrN5O3. The van der Waals surface area contributed by atoms with E-state index >= 15 is 0 Å². The molecule has 9 heteroatoms. The maximum absolute atomic E-state index is 10.7. The van der Waals surface area contributed by atoms with Gasteiger partial charge in [-0.2, -0.15) is 5.10 Å². The number of phenolic OH excluding ortho intramolecular Hbond substituents is 1. The van der Waals surface area contributed by atoms with Crippen LogP contribution in [-0.2, 0) is 0 Å². The van der Waals surface area contributed by atoms with Gasteiger partial charge in [-0.05, 0) is 6.07 Å². The molecule has 8 nitrogen and oxygen atoms in total. The number of aromatic nitrogens is 3. The van der Waals surface area contributed by atoms with Crippen molar-refractivity contribution in [2.75, 3.05) is 0 Å². The number of nitro benzene ring substituents is 1. The van der Waals surface area contributed by atoms with Gasteiger partial charge >= 0.3 is 5.69 Å². The van der Waals surface area contributed by atoms with Crippen LogP contribution in [0.4, 0.5) is 5.69 Å². The Morgan fingerprint density at radius 3 is 2.72 bits per heavy atom. The molecule has 0 saturated carbocycles. The van der Waals surface area contributed by atoms with Crippen molar-refractivity contribution in [1.29, 1.82) is 0 Å². The molecular weight excluding hydrogens is 306 g/mol. The Balaban J connectivity index is 2.42. The number of hydrogen-bond donors (Lipinski definition) is 1. The Morgan fingerprint density at radius 2 is 2.11 bits per heavy atom. The van der Waals surface area contributed by atoms with Crippen molar-refractivity contribution in [3.8, 4) is 5.75 Å². The van der Waals surface area contributed by atoms with Crippen molar-refractivity contribution in [2.24, 2.45) is 5.10 Å². The van der Waals surface area contributed by atoms with Crippen molar-refractivity contribution < 1.29 is 10.0 Å². The number of halogens is 1. The van der Waals surface area contributed by atoms with Crippen molar-refractivity contribution in [3.63, 3.8) is 0 Å². The minimum atomic E-state index is -0.670. The van der Waals surface area contributed by atoms with Gasteiger partial charge in [-0.15, -0.1) is 10.2 Å². The van der Waals surface area contributed by atoms with Gasteiger partial charge in [-0.1, -0.05) is 15.9 Å². The summed E-state index contributed by atoms with van der Waals surface area (Å²) in [5.74, 6) is -0.444. The topological polar surface area (TPSA) is 106 Å². The fourth-order valence-corrected chi connectivity index (χ4v) is 1.69. The van der Waals surface area contributed by atoms with Crippen LogP contribution in [0.25, 0.3) is 0 Å². The van der Waals surface area contributed by atoms with Crippen molar-refractivity contribution in [1.82, 2.24) is 14.9 Å². The standard InChI is InChI=1S/C9H6BrN5O3/c10-7-1-6(3-13-14-4-11-12-5-14)9(16)8(2-7)15(17)18/h1-5,16H/b13-3-. The molecule has 18 heavy (non-hydrogen) atoms. The highest BCUT2D eigenvalue weighted by molar-refractivity contribution is 9.10. The predicted octanol–water partition coefficient (Wildman–Crippen LogP) is 1.54. The lowest BCUT2D eigenvalue weighted by atomic mass is 10.2. The molecule has 0 unspecified atom stereocenters. The van der Waals surface area contributed by atoms with E-state index in [1.807, 2.05) is 0 Å². The second-order valence-corrected chi connectivity index (χ2v) is 4.12. The number of hydrogen-bond acceptors (Lipinski definition) is 6. The van der Waals surface area contributed by atoms with E-state index in [9.17, 15) is 15.2 Å². The summed E-state index contributed by atoms with van der Waals surface area (Å²) < 4.78 is 1.77. The highest BCUT2D eigenvalue weighted by atomic mass is 79.9. The van der Waals surface area contributed by atoms with Crippen molar-refractivity contribution in [3.05, 3.63) is 44.9 Å². The highest BCUT2D eigenvalue weighted by Gasteiger charge is 2.17. The lowest BCUT2D eigenvalue weighted by Crippen LogP contribution is -1.94. The van der Waals surface area contributed by atoms with Crippen LogP contribution < -0.4 is 0 Å². The molecule has 1 heterocycles. The molecule has 0 bridgehead atoms. The minimum Gasteiger partial charge on any atom is -0.502 e. The van der Waals surface area contributed by atoms with Crippen LogP contribution in [0.1, 0.15) is 5.56 Å². The van der Waals surface area contributed by atoms with Gasteiger partial charge < -0.3 is 5.11 Å². The molecule has 1 N–H and O–H groups in total. The summed E-state index contributed by atoms with van der Waals surface area (Å²) in [4.78, 5) is 10.0. The monoisotopic (exact) mass is 311 g/mol. The highest BCUT2D eigenvalue weighted by Crippen LogP contribution is 2.32. The van der Waals surface area contributed by atoms with Crippen LogP contribution in [0.3, 0.4) is 0 Å². The molecule has 0 atom stereocenters. The third kappa shape index (κ3) is 2.51. The van der Waals surface area contributed by atoms with E-state index < -0.39 is 16.4 Å². The third-order valence-corrected chi connectivity index (χ3v) is 2.48. The van der Waals surface area contributed by atoms with Crippen LogP contribution in [0.15, 0.2) is 34.4 Å². The molecule has 0 fully saturated rings. The molecule has 2 rings (SSSR count). The molecule has 0 amide bonds. The number of benzene rings is 1. The average Bonchev–Trinajstić information content (AvgIpc) is 2.82. The van der Waals surface area contributed by atoms with E-state index in [0.29, 0.717) is 4.47 Å². The number of nitro groups is 1. The van der Waals surface area contributed by atoms with Crippen LogP contribution >= 0.6 is 15.9 Å². The largest absolute Gasteiger partial charge is 0.502 e. The average molecular weight is 312 g/mol. The summed E-state index contributed by atoms with van der Waals surface area (Å²) >= 11 is 3.13. The Labute approximate surface area is 109 Å². The van der Waals surface area contributed by atoms with Crippen molar-refractivity contribution >= 4 is 27.8 Å². The van der Waals surface area contributed by atoms with E-state index in [4.69, 9.17) is 0 Å². The quantitative estimate of drug-likeness (QED) is 0.525. The van der Waals surface area contributed by atoms with Gasteiger partial charge in [0.25, 0.3) is 0 Å². The normalized spacial score (nSPS) is 10.9. The zero-order valence-corrected chi connectivity index (χ0v) is 10.4. The first-order chi connectivity index (χ1) is 8.58. The van der Waals surface area contributed by atoms with Gasteiger partial charge in [-0.25, -0.2) is 4.68 Å². The molecule has 92 valence electrons. The zero-order valence-electron chi connectivity index (χ0n) is 8.76. The summed E-state index contributed by atoms with van der Waals surface area (Å²) in [5, 5.41) is 31.4. The predicted molar refractivity (Wildman–Crippen MR) is 65.5 cm³/mol. The van der Waals surface area contributed by atoms with Crippen LogP contribution in [0.5, 0.6) is 5.75 Å². The molecule has 0 aliphatic heterocycles. The first-order valence-corrected chi connectivity index (χ1v) is 5.43. The zero-order chi connectivity index (χ0) is 13.1. The van der Waals surface area contributed by atoms with Gasteiger partial charge in [-0.3, -0.25) is 10.1 Å². The molecule has 0 saturated heterocycles. The first kappa shape index (κ1) is 12.2. The third-order valence-electron chi connectivity index (χ3n) is 2.02. The van der Waals surface area contributed by atoms with Gasteiger partial charge in [0, 0.05) is 16.1 Å². The van der Waals surface area contributed by atoms with E-state index in [-0.39, 0.29) is 5.56 Å². The van der Waals surface area contributed by atoms with Gasteiger partial charge in [0.2, 0.25) is 5.75 Å². The minimum absolute atomic E-state index is 0.213. The lowest BCUT2D eigenvalue weighted by Gasteiger charge is -2.01. The fraction of sp³-hybridized carbons (Fsp3) is 0. The van der Waals surface area contributed by atoms with Crippen LogP contribution in [-0.4, -0.2) is 31.1 Å². The van der Waals surface area contributed by atoms with Crippen LogP contribution in [0, 0.1) is 10.1 Å². The Morgan fingerprint density at radius 1 is 1.44 bits per heavy atom. The number of phenols is 1. The molecule has 0 spiro atoms. The molecule has 0 aliphatic carbocycles. The summed E-state index contributed by atoms with van der Waals surface area (Å²) in [6.45, 7) is 0. The number of nitrogens with zero attached hydrogens (tertiary/aromatic N) is 5. The second kappa shape index (κ2) is 4.92. The molecule has 0 radical (unpaired) electrons. The summed E-state index contributed by atoms with van der Waals surface area (Å²) in [6, 6.07) is 2.72. The Bertz CT molecular complexity index is 611. The Kier molecular flexibility index (Phi) is 3.33. The van der Waals surface area contributed by atoms with E-state index in [2.05, 4.69) is 31.2 Å². The second-order valence-electron chi connectivity index (χ2n) is 3.21. The van der Waals surface area contributed by atoms with Gasteiger partial charge in [0.05, 0.1) is 11.1 Å². The maximum Gasteiger partial charge on any atom is 0.312 e. The smallest absolute Gasteiger partial charge is 0.312 e. The molecule has 2 aromatic rings. The number of rotatable bonds is 3. The van der Waals surface area contributed by atoms with Gasteiger partial charge in [0.15, 0.2) is 0 Å². The molecule has 0 aliphatic rings. The molecule has 1 aromatic heterocycles. The van der Waals surface area contributed by atoms with Gasteiger partial charge in [0.1, 0.15) is 12.7 Å². The lowest BCUT2D eigenvalue weighted by molar-refractivity contribution is -0.385. The van der Waals surface area contributed by atoms with E-state index in [0.717, 1.165) is 0 Å². The first-order valence-electron chi connectivity index (χ1n) is 4.64. The summed E-state index contributed by atoms with van der Waals surface area (Å²) in [7, 11) is 0. The fourth-order valence-electron chi connectivity index (χ4n) is 1.23.